The molecule has 0 fully saturated rings. The normalized spacial score (nSPS) is 19.3. The van der Waals surface area contributed by atoms with Crippen molar-refractivity contribution in [2.75, 3.05) is 13.1 Å². The highest BCUT2D eigenvalue weighted by atomic mass is 16.2. The van der Waals surface area contributed by atoms with E-state index in [4.69, 9.17) is 0 Å². The second kappa shape index (κ2) is 25.5. The lowest BCUT2D eigenvalue weighted by Crippen LogP contribution is -2.30. The highest BCUT2D eigenvalue weighted by molar-refractivity contribution is 6.13. The Balaban J connectivity index is 1.45. The summed E-state index contributed by atoms with van der Waals surface area (Å²) < 4.78 is 0. The van der Waals surface area contributed by atoms with Crippen LogP contribution >= 0.6 is 0 Å². The van der Waals surface area contributed by atoms with Crippen LogP contribution in [0.3, 0.4) is 0 Å². The van der Waals surface area contributed by atoms with Crippen molar-refractivity contribution >= 4 is 23.6 Å². The van der Waals surface area contributed by atoms with Gasteiger partial charge in [-0.15, -0.1) is 0 Å². The lowest BCUT2D eigenvalue weighted by molar-refractivity contribution is -0.138. The van der Waals surface area contributed by atoms with Gasteiger partial charge >= 0.3 is 0 Å². The van der Waals surface area contributed by atoms with Crippen LogP contribution in [0.25, 0.3) is 0 Å². The maximum absolute atomic E-state index is 11.8. The first-order chi connectivity index (χ1) is 24.4. The van der Waals surface area contributed by atoms with E-state index in [1.54, 1.807) is 0 Å². The molecule has 2 aliphatic heterocycles. The quantitative estimate of drug-likeness (QED) is 0.0426. The van der Waals surface area contributed by atoms with Crippen molar-refractivity contribution in [3.8, 4) is 0 Å². The van der Waals surface area contributed by atoms with Gasteiger partial charge in [-0.2, -0.15) is 0 Å². The number of carbonyl (C=O) groups is 4. The van der Waals surface area contributed by atoms with Crippen molar-refractivity contribution in [2.45, 2.75) is 194 Å². The van der Waals surface area contributed by atoms with Crippen LogP contribution in [0.4, 0.5) is 0 Å². The van der Waals surface area contributed by atoms with E-state index in [-0.39, 0.29) is 23.6 Å². The first-order valence-electron chi connectivity index (χ1n) is 21.2. The molecule has 0 N–H and O–H groups in total. The zero-order valence-electron chi connectivity index (χ0n) is 32.2. The van der Waals surface area contributed by atoms with Crippen LogP contribution in [0.5, 0.6) is 0 Å². The standard InChI is InChI=1S/C44H72N2O4/c1-3-5-7-13-19-25-37-35-39(27-21-15-9-11-17-23-33-45-41(47)29-30-42(45)48)40(36-38(37)26-20-14-8-6-4-2)28-22-16-10-12-18-24-34-46-43(49)31-32-44(46)50/h29-32,39-40H,3-28,33-36H2,1-2H3. The summed E-state index contributed by atoms with van der Waals surface area (Å²) >= 11 is 0. The Labute approximate surface area is 306 Å². The zero-order valence-corrected chi connectivity index (χ0v) is 32.2. The van der Waals surface area contributed by atoms with Gasteiger partial charge in [0.25, 0.3) is 23.6 Å². The first kappa shape index (κ1) is 41.9. The van der Waals surface area contributed by atoms with E-state index in [1.165, 1.54) is 188 Å². The summed E-state index contributed by atoms with van der Waals surface area (Å²) in [5.41, 5.74) is 3.70. The van der Waals surface area contributed by atoms with Crippen molar-refractivity contribution in [3.05, 3.63) is 35.5 Å². The number of amides is 4. The number of imide groups is 2. The molecule has 0 spiro atoms. The van der Waals surface area contributed by atoms with Crippen LogP contribution < -0.4 is 0 Å². The molecule has 0 aromatic rings. The number of hydrogen-bond donors (Lipinski definition) is 0. The van der Waals surface area contributed by atoms with Crippen molar-refractivity contribution in [2.24, 2.45) is 11.8 Å². The van der Waals surface area contributed by atoms with E-state index in [0.717, 1.165) is 37.5 Å². The Bertz CT molecular complexity index is 999. The molecule has 3 aliphatic rings. The SMILES string of the molecule is CCCCCCCC1=C(CCCCCCC)CC(CCCCCCCCN2C(=O)C=CC2=O)C(CCCCCCCCN2C(=O)C=CC2=O)C1. The van der Waals surface area contributed by atoms with Gasteiger partial charge in [0.15, 0.2) is 0 Å². The Kier molecular flexibility index (Phi) is 21.3. The van der Waals surface area contributed by atoms with Gasteiger partial charge in [0, 0.05) is 37.4 Å². The fourth-order valence-corrected chi connectivity index (χ4v) is 8.44. The summed E-state index contributed by atoms with van der Waals surface area (Å²) in [4.78, 5) is 49.9. The average molecular weight is 693 g/mol. The van der Waals surface area contributed by atoms with Gasteiger partial charge in [-0.25, -0.2) is 0 Å². The lowest BCUT2D eigenvalue weighted by Gasteiger charge is -2.36. The molecule has 50 heavy (non-hydrogen) atoms. The molecule has 6 nitrogen and oxygen atoms in total. The fourth-order valence-electron chi connectivity index (χ4n) is 8.44. The van der Waals surface area contributed by atoms with Crippen molar-refractivity contribution in [3.63, 3.8) is 0 Å². The molecule has 6 heteroatoms. The van der Waals surface area contributed by atoms with Crippen LogP contribution in [0, 0.1) is 11.8 Å². The number of hydrogen-bond acceptors (Lipinski definition) is 4. The Morgan fingerprint density at radius 2 is 0.720 bits per heavy atom. The third-order valence-corrected chi connectivity index (χ3v) is 11.6. The molecule has 282 valence electrons. The van der Waals surface area contributed by atoms with E-state index < -0.39 is 0 Å². The van der Waals surface area contributed by atoms with Crippen LogP contribution in [0.15, 0.2) is 35.5 Å². The Morgan fingerprint density at radius 3 is 1.08 bits per heavy atom. The molecule has 0 radical (unpaired) electrons. The number of nitrogens with zero attached hydrogens (tertiary/aromatic N) is 2. The molecule has 0 saturated heterocycles. The van der Waals surface area contributed by atoms with Gasteiger partial charge in [-0.05, 0) is 76.0 Å². The molecular formula is C44H72N2O4. The molecule has 0 aromatic carbocycles. The lowest BCUT2D eigenvalue weighted by atomic mass is 9.70. The third kappa shape index (κ3) is 15.8. The number of rotatable bonds is 30. The molecular weight excluding hydrogens is 620 g/mol. The number of allylic oxidation sites excluding steroid dienone is 2. The minimum absolute atomic E-state index is 0.158. The van der Waals surface area contributed by atoms with Crippen LogP contribution in [-0.2, 0) is 19.2 Å². The minimum Gasteiger partial charge on any atom is -0.275 e. The smallest absolute Gasteiger partial charge is 0.253 e. The van der Waals surface area contributed by atoms with E-state index >= 15 is 0 Å². The average Bonchev–Trinajstić information content (AvgIpc) is 3.61. The van der Waals surface area contributed by atoms with Gasteiger partial charge < -0.3 is 0 Å². The molecule has 0 saturated carbocycles. The molecule has 3 rings (SSSR count). The number of unbranched alkanes of at least 4 members (excludes halogenated alkanes) is 18. The fraction of sp³-hybridized carbons (Fsp3) is 0.773. The van der Waals surface area contributed by atoms with E-state index in [2.05, 4.69) is 13.8 Å². The van der Waals surface area contributed by atoms with Crippen molar-refractivity contribution in [1.82, 2.24) is 9.80 Å². The van der Waals surface area contributed by atoms with E-state index in [9.17, 15) is 19.2 Å². The van der Waals surface area contributed by atoms with Crippen molar-refractivity contribution < 1.29 is 19.2 Å². The third-order valence-electron chi connectivity index (χ3n) is 11.6. The van der Waals surface area contributed by atoms with Gasteiger partial charge in [0.05, 0.1) is 0 Å². The predicted molar refractivity (Wildman–Crippen MR) is 206 cm³/mol. The molecule has 2 atom stereocenters. The topological polar surface area (TPSA) is 74.8 Å². The summed E-state index contributed by atoms with van der Waals surface area (Å²) in [5, 5.41) is 0. The van der Waals surface area contributed by atoms with Gasteiger partial charge in [0.1, 0.15) is 0 Å². The van der Waals surface area contributed by atoms with Crippen LogP contribution in [-0.4, -0.2) is 46.5 Å². The largest absolute Gasteiger partial charge is 0.275 e. The van der Waals surface area contributed by atoms with Crippen LogP contribution in [0.1, 0.15) is 194 Å². The van der Waals surface area contributed by atoms with Gasteiger partial charge in [-0.1, -0.05) is 141 Å². The summed E-state index contributed by atoms with van der Waals surface area (Å²) in [5.74, 6) is 1.02. The summed E-state index contributed by atoms with van der Waals surface area (Å²) in [6, 6.07) is 0. The Morgan fingerprint density at radius 1 is 0.420 bits per heavy atom. The predicted octanol–water partition coefficient (Wildman–Crippen LogP) is 11.3. The second-order valence-electron chi connectivity index (χ2n) is 15.6. The van der Waals surface area contributed by atoms with Gasteiger partial charge in [0.2, 0.25) is 0 Å². The molecule has 2 unspecified atom stereocenters. The van der Waals surface area contributed by atoms with Gasteiger partial charge in [-0.3, -0.25) is 29.0 Å². The Hall–Kier alpha value is -2.50. The molecule has 4 amide bonds. The summed E-state index contributed by atoms with van der Waals surface area (Å²) in [7, 11) is 0. The highest BCUT2D eigenvalue weighted by Gasteiger charge is 2.29. The summed E-state index contributed by atoms with van der Waals surface area (Å²) in [6.07, 6.45) is 41.3. The zero-order chi connectivity index (χ0) is 35.8. The maximum atomic E-state index is 11.8. The molecule has 0 bridgehead atoms. The molecule has 0 aromatic heterocycles. The minimum atomic E-state index is -0.158. The van der Waals surface area contributed by atoms with E-state index in [0.29, 0.717) is 13.1 Å². The number of carbonyl (C=O) groups excluding carboxylic acids is 4. The first-order valence-corrected chi connectivity index (χ1v) is 21.2. The molecule has 1 aliphatic carbocycles. The van der Waals surface area contributed by atoms with E-state index in [1.807, 2.05) is 11.1 Å². The summed E-state index contributed by atoms with van der Waals surface area (Å²) in [6.45, 7) is 5.73. The van der Waals surface area contributed by atoms with Crippen LogP contribution in [0.2, 0.25) is 0 Å². The second-order valence-corrected chi connectivity index (χ2v) is 15.6. The maximum Gasteiger partial charge on any atom is 0.253 e. The van der Waals surface area contributed by atoms with Crippen molar-refractivity contribution in [1.29, 1.82) is 0 Å². The highest BCUT2D eigenvalue weighted by Crippen LogP contribution is 2.43. The molecule has 2 heterocycles. The monoisotopic (exact) mass is 693 g/mol.